The van der Waals surface area contributed by atoms with Gasteiger partial charge in [-0.15, -0.1) is 0 Å². The normalized spacial score (nSPS) is 27.9. The lowest BCUT2D eigenvalue weighted by Gasteiger charge is -2.26. The first-order valence-electron chi connectivity index (χ1n) is 6.60. The lowest BCUT2D eigenvalue weighted by molar-refractivity contribution is -0.0263. The number of aliphatic hydroxyl groups is 1. The van der Waals surface area contributed by atoms with Crippen molar-refractivity contribution < 1.29 is 9.84 Å². The summed E-state index contributed by atoms with van der Waals surface area (Å²) in [4.78, 5) is 0. The second kappa shape index (κ2) is 5.03. The van der Waals surface area contributed by atoms with Crippen molar-refractivity contribution in [2.24, 2.45) is 7.05 Å². The van der Waals surface area contributed by atoms with Crippen LogP contribution < -0.4 is 5.32 Å². The van der Waals surface area contributed by atoms with E-state index in [1.54, 1.807) is 0 Å². The molecule has 4 heteroatoms. The highest BCUT2D eigenvalue weighted by molar-refractivity contribution is 5.26. The van der Waals surface area contributed by atoms with Gasteiger partial charge in [-0.05, 0) is 32.4 Å². The van der Waals surface area contributed by atoms with E-state index < -0.39 is 5.60 Å². The number of rotatable bonds is 4. The van der Waals surface area contributed by atoms with Crippen molar-refractivity contribution in [1.29, 1.82) is 0 Å². The molecule has 1 aromatic rings. The molecule has 1 fully saturated rings. The quantitative estimate of drug-likeness (QED) is 0.848. The van der Waals surface area contributed by atoms with E-state index in [0.717, 1.165) is 6.54 Å². The molecule has 0 amide bonds. The fraction of sp³-hybridized carbons (Fsp3) is 0.714. The van der Waals surface area contributed by atoms with Crippen LogP contribution in [0.4, 0.5) is 0 Å². The van der Waals surface area contributed by atoms with Crippen LogP contribution in [0.5, 0.6) is 0 Å². The molecule has 18 heavy (non-hydrogen) atoms. The van der Waals surface area contributed by atoms with Crippen molar-refractivity contribution in [1.82, 2.24) is 9.88 Å². The first-order chi connectivity index (χ1) is 8.44. The van der Waals surface area contributed by atoms with Gasteiger partial charge in [-0.3, -0.25) is 0 Å². The van der Waals surface area contributed by atoms with E-state index in [-0.39, 0.29) is 6.10 Å². The second-order valence-corrected chi connectivity index (χ2v) is 5.43. The van der Waals surface area contributed by atoms with Crippen molar-refractivity contribution in [3.8, 4) is 0 Å². The largest absolute Gasteiger partial charge is 0.386 e. The number of aromatic nitrogens is 1. The monoisotopic (exact) mass is 252 g/mol. The Labute approximate surface area is 109 Å². The Morgan fingerprint density at radius 3 is 2.78 bits per heavy atom. The van der Waals surface area contributed by atoms with Crippen LogP contribution in [0.15, 0.2) is 6.07 Å². The zero-order valence-corrected chi connectivity index (χ0v) is 11.8. The predicted octanol–water partition coefficient (Wildman–Crippen LogP) is 1.27. The molecule has 1 aromatic heterocycles. The molecule has 1 saturated heterocycles. The van der Waals surface area contributed by atoms with Crippen molar-refractivity contribution in [3.63, 3.8) is 0 Å². The Bertz CT molecular complexity index is 428. The molecule has 0 aliphatic carbocycles. The number of nitrogens with zero attached hydrogens (tertiary/aromatic N) is 1. The predicted molar refractivity (Wildman–Crippen MR) is 71.6 cm³/mol. The molecule has 0 spiro atoms. The highest BCUT2D eigenvalue weighted by atomic mass is 16.5. The van der Waals surface area contributed by atoms with Crippen LogP contribution in [0.25, 0.3) is 0 Å². The molecule has 2 atom stereocenters. The van der Waals surface area contributed by atoms with Gasteiger partial charge in [0.05, 0.1) is 6.10 Å². The minimum absolute atomic E-state index is 0.0800. The number of nitrogens with one attached hydrogen (secondary N) is 1. The molecule has 2 rings (SSSR count). The molecule has 0 aromatic carbocycles. The number of ether oxygens (including phenoxy) is 1. The highest BCUT2D eigenvalue weighted by Gasteiger charge is 2.38. The third-order valence-electron chi connectivity index (χ3n) is 4.29. The van der Waals surface area contributed by atoms with Crippen LogP contribution in [-0.4, -0.2) is 34.5 Å². The molecule has 1 aliphatic heterocycles. The van der Waals surface area contributed by atoms with Gasteiger partial charge >= 0.3 is 0 Å². The minimum Gasteiger partial charge on any atom is -0.386 e. The summed E-state index contributed by atoms with van der Waals surface area (Å²) in [5.41, 5.74) is 3.13. The van der Waals surface area contributed by atoms with Crippen LogP contribution >= 0.6 is 0 Å². The fourth-order valence-electron chi connectivity index (χ4n) is 2.53. The summed E-state index contributed by atoms with van der Waals surface area (Å²) in [7, 11) is 2.08. The zero-order valence-electron chi connectivity index (χ0n) is 11.8. The average Bonchev–Trinajstić information content (AvgIpc) is 2.77. The van der Waals surface area contributed by atoms with Gasteiger partial charge in [0.15, 0.2) is 0 Å². The summed E-state index contributed by atoms with van der Waals surface area (Å²) < 4.78 is 7.61. The molecule has 2 N–H and O–H groups in total. The molecular weight excluding hydrogens is 228 g/mol. The van der Waals surface area contributed by atoms with E-state index in [1.165, 1.54) is 17.0 Å². The van der Waals surface area contributed by atoms with Gasteiger partial charge in [-0.25, -0.2) is 0 Å². The van der Waals surface area contributed by atoms with Crippen molar-refractivity contribution in [2.45, 2.75) is 45.4 Å². The Hall–Kier alpha value is -0.840. The Morgan fingerprint density at radius 1 is 1.56 bits per heavy atom. The van der Waals surface area contributed by atoms with Crippen LogP contribution in [0, 0.1) is 13.8 Å². The maximum atomic E-state index is 10.4. The van der Waals surface area contributed by atoms with Crippen LogP contribution in [0.1, 0.15) is 30.3 Å². The molecule has 4 nitrogen and oxygen atoms in total. The van der Waals surface area contributed by atoms with Gasteiger partial charge < -0.3 is 19.7 Å². The number of hydrogen-bond donors (Lipinski definition) is 2. The molecule has 102 valence electrons. The van der Waals surface area contributed by atoms with Gasteiger partial charge in [0.25, 0.3) is 0 Å². The summed E-state index contributed by atoms with van der Waals surface area (Å²) >= 11 is 0. The van der Waals surface area contributed by atoms with Gasteiger partial charge in [0.1, 0.15) is 5.60 Å². The Balaban J connectivity index is 1.90. The summed E-state index contributed by atoms with van der Waals surface area (Å²) in [6.07, 6.45) is 0.636. The standard InChI is InChI=1S/C14H24N2O2/c1-10-7-13(11(2)16(10)4)8-15-9-14(17)5-6-18-12(14)3/h7,12,15,17H,5-6,8-9H2,1-4H3. The molecular formula is C14H24N2O2. The van der Waals surface area contributed by atoms with Gasteiger partial charge in [0.2, 0.25) is 0 Å². The zero-order chi connectivity index (χ0) is 13.3. The first-order valence-corrected chi connectivity index (χ1v) is 6.60. The van der Waals surface area contributed by atoms with E-state index in [9.17, 15) is 5.11 Å². The van der Waals surface area contributed by atoms with E-state index in [2.05, 4.69) is 36.8 Å². The van der Waals surface area contributed by atoms with Crippen molar-refractivity contribution >= 4 is 0 Å². The molecule has 2 unspecified atom stereocenters. The van der Waals surface area contributed by atoms with E-state index in [1.807, 2.05) is 6.92 Å². The molecule has 0 bridgehead atoms. The molecule has 0 saturated carbocycles. The Kier molecular flexibility index (Phi) is 3.80. The first kappa shape index (κ1) is 13.6. The third-order valence-corrected chi connectivity index (χ3v) is 4.29. The smallest absolute Gasteiger partial charge is 0.105 e. The maximum Gasteiger partial charge on any atom is 0.105 e. The third kappa shape index (κ3) is 2.46. The van der Waals surface area contributed by atoms with Gasteiger partial charge in [-0.1, -0.05) is 0 Å². The minimum atomic E-state index is -0.711. The fourth-order valence-corrected chi connectivity index (χ4v) is 2.53. The van der Waals surface area contributed by atoms with Crippen molar-refractivity contribution in [3.05, 3.63) is 23.0 Å². The van der Waals surface area contributed by atoms with E-state index in [4.69, 9.17) is 4.74 Å². The Morgan fingerprint density at radius 2 is 2.28 bits per heavy atom. The maximum absolute atomic E-state index is 10.4. The topological polar surface area (TPSA) is 46.4 Å². The second-order valence-electron chi connectivity index (χ2n) is 5.43. The lowest BCUT2D eigenvalue weighted by Crippen LogP contribution is -2.45. The highest BCUT2D eigenvalue weighted by Crippen LogP contribution is 2.25. The van der Waals surface area contributed by atoms with Crippen LogP contribution in [-0.2, 0) is 18.3 Å². The summed E-state index contributed by atoms with van der Waals surface area (Å²) in [5, 5.41) is 13.7. The van der Waals surface area contributed by atoms with Gasteiger partial charge in [0, 0.05) is 44.6 Å². The van der Waals surface area contributed by atoms with Gasteiger partial charge in [-0.2, -0.15) is 0 Å². The van der Waals surface area contributed by atoms with Crippen LogP contribution in [0.3, 0.4) is 0 Å². The van der Waals surface area contributed by atoms with Crippen molar-refractivity contribution in [2.75, 3.05) is 13.2 Å². The SMILES string of the molecule is Cc1cc(CNCC2(O)CCOC2C)c(C)n1C. The summed E-state index contributed by atoms with van der Waals surface area (Å²) in [6.45, 7) is 8.20. The van der Waals surface area contributed by atoms with E-state index >= 15 is 0 Å². The van der Waals surface area contributed by atoms with E-state index in [0.29, 0.717) is 19.6 Å². The number of aryl methyl sites for hydroxylation is 1. The summed E-state index contributed by atoms with van der Waals surface area (Å²) in [6, 6.07) is 2.20. The molecule has 2 heterocycles. The average molecular weight is 252 g/mol. The number of hydrogen-bond acceptors (Lipinski definition) is 3. The lowest BCUT2D eigenvalue weighted by atomic mass is 9.96. The molecule has 0 radical (unpaired) electrons. The summed E-state index contributed by atoms with van der Waals surface area (Å²) in [5.74, 6) is 0. The molecule has 1 aliphatic rings. The van der Waals surface area contributed by atoms with Crippen LogP contribution in [0.2, 0.25) is 0 Å².